The summed E-state index contributed by atoms with van der Waals surface area (Å²) in [6.45, 7) is 0. The fraction of sp³-hybridized carbons (Fsp3) is 0. The van der Waals surface area contributed by atoms with Gasteiger partial charge in [-0.15, -0.1) is 0 Å². The summed E-state index contributed by atoms with van der Waals surface area (Å²) in [5.74, 6) is 0. The van der Waals surface area contributed by atoms with Crippen molar-refractivity contribution < 1.29 is 7.91 Å². The van der Waals surface area contributed by atoms with Crippen LogP contribution in [0.3, 0.4) is 0 Å². The van der Waals surface area contributed by atoms with E-state index in [4.69, 9.17) is 9.66 Å². The number of hydrogen-bond acceptors (Lipinski definition) is 1. The molecule has 0 aliphatic heterocycles. The Kier molecular flexibility index (Phi) is 2.43. The van der Waals surface area contributed by atoms with E-state index in [2.05, 4.69) is 8.98 Å². The summed E-state index contributed by atoms with van der Waals surface area (Å²) in [7, 11) is 0. The van der Waals surface area contributed by atoms with Crippen LogP contribution in [0.4, 0.5) is 0 Å². The number of nitrogens with zero attached hydrogens (tertiary/aromatic N) is 3. The van der Waals surface area contributed by atoms with Crippen molar-refractivity contribution in [1.82, 2.24) is 0 Å². The van der Waals surface area contributed by atoms with Crippen molar-refractivity contribution in [3.8, 4) is 0 Å². The molecule has 6 heteroatoms. The molecule has 0 heterocycles. The monoisotopic (exact) mass is 149 g/mol. The predicted octanol–water partition coefficient (Wildman–Crippen LogP) is -0.296. The Labute approximate surface area is 38.1 Å². The van der Waals surface area contributed by atoms with Gasteiger partial charge in [0.2, 0.25) is 0 Å². The summed E-state index contributed by atoms with van der Waals surface area (Å²) in [4.78, 5) is 2.07. The Balaban J connectivity index is 3.60. The second-order valence-corrected chi connectivity index (χ2v) is 2.08. The molecule has 6 heavy (non-hydrogen) atoms. The van der Waals surface area contributed by atoms with Crippen molar-refractivity contribution >= 4 is 14.8 Å². The normalized spacial score (nSPS) is 6.00. The molecule has 0 atom stereocenters. The Morgan fingerprint density at radius 2 is 2.50 bits per heavy atom. The van der Waals surface area contributed by atoms with Gasteiger partial charge in [0.15, 0.2) is 0 Å². The molecule has 0 aliphatic carbocycles. The second-order valence-electron chi connectivity index (χ2n) is 0.472. The van der Waals surface area contributed by atoms with Crippen LogP contribution in [0.1, 0.15) is 0 Å². The summed E-state index contributed by atoms with van der Waals surface area (Å²) in [5, 5.41) is 0. The van der Waals surface area contributed by atoms with Crippen LogP contribution in [-0.4, -0.2) is 19.0 Å². The first-order chi connectivity index (χ1) is 2.77. The Morgan fingerprint density at radius 1 is 2.00 bits per heavy atom. The zero-order valence-electron chi connectivity index (χ0n) is 2.70. The molecule has 5 nitrogen and oxygen atoms in total. The van der Waals surface area contributed by atoms with Gasteiger partial charge < -0.3 is 0 Å². The van der Waals surface area contributed by atoms with Crippen molar-refractivity contribution in [3.05, 3.63) is 10.4 Å². The quantitative estimate of drug-likeness (QED) is 0.239. The first-order valence-electron chi connectivity index (χ1n) is 1.05. The molecule has 0 aromatic heterocycles. The van der Waals surface area contributed by atoms with Gasteiger partial charge in [-0.1, -0.05) is 0 Å². The molecular formula is HGeN3O2. The standard InChI is InChI=1S/GeHN3O2/c2-4-3-1(5)6/h5H. The maximum absolute atomic E-state index is 9.43. The van der Waals surface area contributed by atoms with E-state index in [-0.39, 0.29) is 0 Å². The third-order valence-corrected chi connectivity index (χ3v) is 0.677. The van der Waals surface area contributed by atoms with Crippen LogP contribution in [0, 0.1) is 0 Å². The maximum atomic E-state index is 9.43. The van der Waals surface area contributed by atoms with E-state index in [1.807, 2.05) is 0 Å². The van der Waals surface area contributed by atoms with Gasteiger partial charge in [0.25, 0.3) is 0 Å². The van der Waals surface area contributed by atoms with Crippen LogP contribution in [-0.2, 0) is 3.78 Å². The topological polar surface area (TPSA) is 86.1 Å². The first-order valence-corrected chi connectivity index (χ1v) is 3.78. The van der Waals surface area contributed by atoms with E-state index >= 15 is 0 Å². The molecule has 0 radical (unpaired) electrons. The Bertz CT molecular complexity index is 101. The molecule has 0 saturated carbocycles. The van der Waals surface area contributed by atoms with Crippen LogP contribution in [0.5, 0.6) is 0 Å². The summed E-state index contributed by atoms with van der Waals surface area (Å²) >= 11 is -3.43. The van der Waals surface area contributed by atoms with Crippen LogP contribution < -0.4 is 0 Å². The van der Waals surface area contributed by atoms with Gasteiger partial charge in [0.05, 0.1) is 0 Å². The minimum absolute atomic E-state index is 2.07. The molecule has 0 amide bonds. The average molecular weight is 148 g/mol. The number of rotatable bonds is 1. The third kappa shape index (κ3) is 3.45. The Morgan fingerprint density at radius 3 is 2.50 bits per heavy atom. The van der Waals surface area contributed by atoms with Crippen molar-refractivity contribution in [1.29, 1.82) is 0 Å². The van der Waals surface area contributed by atoms with Crippen LogP contribution in [0.25, 0.3) is 10.4 Å². The number of azide groups is 1. The molecule has 32 valence electrons. The van der Waals surface area contributed by atoms with Gasteiger partial charge in [-0.25, -0.2) is 0 Å². The van der Waals surface area contributed by atoms with E-state index in [0.717, 1.165) is 0 Å². The van der Waals surface area contributed by atoms with Crippen molar-refractivity contribution in [2.45, 2.75) is 0 Å². The van der Waals surface area contributed by atoms with Crippen molar-refractivity contribution in [3.63, 3.8) is 0 Å². The van der Waals surface area contributed by atoms with Gasteiger partial charge in [0, 0.05) is 0 Å². The SMILES string of the molecule is [N-]=[N+]=[N][Ge](=[O])[OH]. The molecular weight excluding hydrogens is 147 g/mol. The number of hydrogen-bond donors (Lipinski definition) is 1. The molecule has 0 spiro atoms. The van der Waals surface area contributed by atoms with E-state index < -0.39 is 14.8 Å². The van der Waals surface area contributed by atoms with Crippen LogP contribution in [0.15, 0.2) is 4.07 Å². The van der Waals surface area contributed by atoms with Gasteiger partial charge in [-0.05, 0) is 0 Å². The van der Waals surface area contributed by atoms with Gasteiger partial charge in [-0.2, -0.15) is 0 Å². The molecule has 0 aliphatic rings. The van der Waals surface area contributed by atoms with Crippen molar-refractivity contribution in [2.75, 3.05) is 0 Å². The third-order valence-electron chi connectivity index (χ3n) is 0.130. The fourth-order valence-corrected chi connectivity index (χ4v) is 0.199. The van der Waals surface area contributed by atoms with Gasteiger partial charge in [-0.3, -0.25) is 0 Å². The van der Waals surface area contributed by atoms with Crippen molar-refractivity contribution in [2.24, 2.45) is 4.07 Å². The average Bonchev–Trinajstić information content (AvgIpc) is 1.35. The zero-order chi connectivity index (χ0) is 4.99. The molecule has 0 bridgehead atoms. The minimum atomic E-state index is -3.43. The molecule has 0 rings (SSSR count). The summed E-state index contributed by atoms with van der Waals surface area (Å²) in [6, 6.07) is 0. The summed E-state index contributed by atoms with van der Waals surface area (Å²) < 4.78 is 19.6. The zero-order valence-corrected chi connectivity index (χ0v) is 4.80. The van der Waals surface area contributed by atoms with Crippen LogP contribution in [0.2, 0.25) is 0 Å². The molecule has 1 N–H and O–H groups in total. The second kappa shape index (κ2) is 2.68. The summed E-state index contributed by atoms with van der Waals surface area (Å²) in [6.07, 6.45) is 0. The fourth-order valence-electron chi connectivity index (χ4n) is 0.0383. The molecule has 0 aromatic rings. The Hall–Kier alpha value is -0.547. The van der Waals surface area contributed by atoms with Gasteiger partial charge >= 0.3 is 37.3 Å². The predicted molar refractivity (Wildman–Crippen MR) is 17.8 cm³/mol. The molecule has 0 fully saturated rings. The molecule has 0 saturated heterocycles. The molecule has 0 aromatic carbocycles. The summed E-state index contributed by atoms with van der Waals surface area (Å²) in [5.41, 5.74) is 7.38. The van der Waals surface area contributed by atoms with Crippen LogP contribution >= 0.6 is 0 Å². The first kappa shape index (κ1) is 5.45. The van der Waals surface area contributed by atoms with E-state index in [0.29, 0.717) is 0 Å². The van der Waals surface area contributed by atoms with E-state index in [1.165, 1.54) is 0 Å². The molecule has 0 unspecified atom stereocenters. The van der Waals surface area contributed by atoms with Gasteiger partial charge in [0.1, 0.15) is 0 Å². The van der Waals surface area contributed by atoms with E-state index in [9.17, 15) is 3.78 Å². The van der Waals surface area contributed by atoms with E-state index in [1.54, 1.807) is 0 Å².